The molecule has 96 valence electrons. The molecule has 1 aromatic heterocycles. The predicted octanol–water partition coefficient (Wildman–Crippen LogP) is 2.18. The molecule has 0 aliphatic heterocycles. The van der Waals surface area contributed by atoms with Crippen molar-refractivity contribution in [2.75, 3.05) is 7.05 Å². The van der Waals surface area contributed by atoms with Gasteiger partial charge in [-0.25, -0.2) is 0 Å². The normalized spacial score (nSPS) is 12.6. The van der Waals surface area contributed by atoms with Crippen LogP contribution in [0.3, 0.4) is 0 Å². The average molecular weight is 243 g/mol. The topological polar surface area (TPSA) is 29.9 Å². The minimum atomic E-state index is 0.516. The number of hydrogen-bond acceptors (Lipinski definition) is 2. The first kappa shape index (κ1) is 12.8. The maximum Gasteiger partial charge on any atom is 0.0492 e. The summed E-state index contributed by atoms with van der Waals surface area (Å²) in [6.07, 6.45) is 5.13. The van der Waals surface area contributed by atoms with E-state index in [9.17, 15) is 0 Å². The summed E-state index contributed by atoms with van der Waals surface area (Å²) in [6, 6.07) is 13.3. The molecule has 3 heteroatoms. The van der Waals surface area contributed by atoms with Crippen molar-refractivity contribution < 1.29 is 0 Å². The van der Waals surface area contributed by atoms with Crippen LogP contribution in [0.25, 0.3) is 0 Å². The summed E-state index contributed by atoms with van der Waals surface area (Å²) in [7, 11) is 4.04. The Balaban J connectivity index is 1.88. The van der Waals surface area contributed by atoms with E-state index >= 15 is 0 Å². The molecule has 1 heterocycles. The maximum absolute atomic E-state index is 4.20. The zero-order chi connectivity index (χ0) is 12.8. The third kappa shape index (κ3) is 3.44. The quantitative estimate of drug-likeness (QED) is 0.843. The second-order valence-corrected chi connectivity index (χ2v) is 4.66. The molecule has 0 amide bonds. The van der Waals surface area contributed by atoms with Crippen LogP contribution in [0.2, 0.25) is 0 Å². The molecule has 1 atom stereocenters. The first-order valence-corrected chi connectivity index (χ1v) is 6.47. The summed E-state index contributed by atoms with van der Waals surface area (Å²) in [4.78, 5) is 0. The Kier molecular flexibility index (Phi) is 4.53. The number of benzene rings is 1. The van der Waals surface area contributed by atoms with Gasteiger partial charge < -0.3 is 5.32 Å². The predicted molar refractivity (Wildman–Crippen MR) is 74.5 cm³/mol. The third-order valence-corrected chi connectivity index (χ3v) is 3.40. The van der Waals surface area contributed by atoms with E-state index < -0.39 is 0 Å². The first-order valence-electron chi connectivity index (χ1n) is 6.47. The van der Waals surface area contributed by atoms with Gasteiger partial charge in [-0.3, -0.25) is 4.68 Å². The molecule has 0 radical (unpaired) electrons. The summed E-state index contributed by atoms with van der Waals surface area (Å²) in [6.45, 7) is 0. The second-order valence-electron chi connectivity index (χ2n) is 4.66. The van der Waals surface area contributed by atoms with E-state index in [4.69, 9.17) is 0 Å². The summed E-state index contributed by atoms with van der Waals surface area (Å²) < 4.78 is 1.95. The summed E-state index contributed by atoms with van der Waals surface area (Å²) in [5, 5.41) is 7.60. The van der Waals surface area contributed by atoms with Gasteiger partial charge in [-0.05, 0) is 37.9 Å². The molecule has 2 aromatic rings. The lowest BCUT2D eigenvalue weighted by Gasteiger charge is -2.16. The lowest BCUT2D eigenvalue weighted by atomic mass is 10.0. The average Bonchev–Trinajstić information content (AvgIpc) is 2.81. The van der Waals surface area contributed by atoms with Crippen LogP contribution < -0.4 is 5.32 Å². The van der Waals surface area contributed by atoms with Crippen LogP contribution in [-0.2, 0) is 19.9 Å². The van der Waals surface area contributed by atoms with Crippen molar-refractivity contribution >= 4 is 0 Å². The van der Waals surface area contributed by atoms with Crippen molar-refractivity contribution in [3.8, 4) is 0 Å². The highest BCUT2D eigenvalue weighted by atomic mass is 15.2. The molecule has 0 aliphatic carbocycles. The molecule has 18 heavy (non-hydrogen) atoms. The van der Waals surface area contributed by atoms with Crippen molar-refractivity contribution in [3.63, 3.8) is 0 Å². The van der Waals surface area contributed by atoms with Gasteiger partial charge in [0.25, 0.3) is 0 Å². The van der Waals surface area contributed by atoms with Crippen LogP contribution in [0.4, 0.5) is 0 Å². The monoisotopic (exact) mass is 243 g/mol. The molecule has 0 bridgehead atoms. The third-order valence-electron chi connectivity index (χ3n) is 3.40. The molecule has 0 saturated heterocycles. The maximum atomic E-state index is 4.20. The number of likely N-dealkylation sites (N-methyl/N-ethyl adjacent to an activating group) is 1. The standard InChI is InChI=1S/C15H21N3/c1-16-14(12-13-6-4-3-5-7-13)8-9-15-10-11-17-18(15)2/h3-7,10-11,14,16H,8-9,12H2,1-2H3. The van der Waals surface area contributed by atoms with Crippen LogP contribution in [0.15, 0.2) is 42.6 Å². The fourth-order valence-electron chi connectivity index (χ4n) is 2.22. The van der Waals surface area contributed by atoms with Crippen LogP contribution in [-0.4, -0.2) is 22.9 Å². The summed E-state index contributed by atoms with van der Waals surface area (Å²) >= 11 is 0. The molecule has 1 aromatic carbocycles. The largest absolute Gasteiger partial charge is 0.317 e. The van der Waals surface area contributed by atoms with E-state index in [-0.39, 0.29) is 0 Å². The lowest BCUT2D eigenvalue weighted by Crippen LogP contribution is -2.28. The van der Waals surface area contributed by atoms with Crippen molar-refractivity contribution in [1.82, 2.24) is 15.1 Å². The Hall–Kier alpha value is -1.61. The minimum Gasteiger partial charge on any atom is -0.317 e. The fraction of sp³-hybridized carbons (Fsp3) is 0.400. The molecule has 2 rings (SSSR count). The first-order chi connectivity index (χ1) is 8.79. The Labute approximate surface area is 109 Å². The zero-order valence-electron chi connectivity index (χ0n) is 11.1. The van der Waals surface area contributed by atoms with Gasteiger partial charge in [-0.15, -0.1) is 0 Å². The van der Waals surface area contributed by atoms with Gasteiger partial charge in [0.05, 0.1) is 0 Å². The molecular weight excluding hydrogens is 222 g/mol. The van der Waals surface area contributed by atoms with Gasteiger partial charge in [0.1, 0.15) is 0 Å². The highest BCUT2D eigenvalue weighted by Crippen LogP contribution is 2.09. The van der Waals surface area contributed by atoms with Gasteiger partial charge in [-0.1, -0.05) is 30.3 Å². The van der Waals surface area contributed by atoms with Crippen molar-refractivity contribution in [2.24, 2.45) is 7.05 Å². The van der Waals surface area contributed by atoms with Gasteiger partial charge in [-0.2, -0.15) is 5.10 Å². The van der Waals surface area contributed by atoms with Crippen molar-refractivity contribution in [2.45, 2.75) is 25.3 Å². The molecule has 0 aliphatic rings. The van der Waals surface area contributed by atoms with Crippen molar-refractivity contribution in [3.05, 3.63) is 53.9 Å². The SMILES string of the molecule is CNC(CCc1ccnn1C)Cc1ccccc1. The molecular formula is C15H21N3. The lowest BCUT2D eigenvalue weighted by molar-refractivity contribution is 0.510. The van der Waals surface area contributed by atoms with Crippen molar-refractivity contribution in [1.29, 1.82) is 0 Å². The Bertz CT molecular complexity index is 462. The van der Waals surface area contributed by atoms with E-state index in [0.717, 1.165) is 19.3 Å². The van der Waals surface area contributed by atoms with E-state index in [1.54, 1.807) is 0 Å². The molecule has 1 N–H and O–H groups in total. The van der Waals surface area contributed by atoms with Crippen LogP contribution >= 0.6 is 0 Å². The van der Waals surface area contributed by atoms with Gasteiger partial charge >= 0.3 is 0 Å². The number of nitrogens with one attached hydrogen (secondary N) is 1. The van der Waals surface area contributed by atoms with Crippen LogP contribution in [0, 0.1) is 0 Å². The van der Waals surface area contributed by atoms with Gasteiger partial charge in [0.2, 0.25) is 0 Å². The van der Waals surface area contributed by atoms with E-state index in [1.807, 2.05) is 25.0 Å². The Morgan fingerprint density at radius 3 is 2.61 bits per heavy atom. The number of hydrogen-bond donors (Lipinski definition) is 1. The number of aromatic nitrogens is 2. The molecule has 0 fully saturated rings. The molecule has 0 saturated carbocycles. The zero-order valence-corrected chi connectivity index (χ0v) is 11.1. The van der Waals surface area contributed by atoms with E-state index in [2.05, 4.69) is 46.8 Å². The fourth-order valence-corrected chi connectivity index (χ4v) is 2.22. The Morgan fingerprint density at radius 1 is 1.22 bits per heavy atom. The number of aryl methyl sites for hydroxylation is 2. The minimum absolute atomic E-state index is 0.516. The second kappa shape index (κ2) is 6.36. The smallest absolute Gasteiger partial charge is 0.0492 e. The van der Waals surface area contributed by atoms with Crippen LogP contribution in [0.5, 0.6) is 0 Å². The van der Waals surface area contributed by atoms with Gasteiger partial charge in [0.15, 0.2) is 0 Å². The number of rotatable bonds is 6. The Morgan fingerprint density at radius 2 is 2.00 bits per heavy atom. The molecule has 1 unspecified atom stereocenters. The number of nitrogens with zero attached hydrogens (tertiary/aromatic N) is 2. The summed E-state index contributed by atoms with van der Waals surface area (Å²) in [5.41, 5.74) is 2.69. The molecule has 3 nitrogen and oxygen atoms in total. The highest BCUT2D eigenvalue weighted by Gasteiger charge is 2.08. The van der Waals surface area contributed by atoms with E-state index in [1.165, 1.54) is 11.3 Å². The van der Waals surface area contributed by atoms with Crippen LogP contribution in [0.1, 0.15) is 17.7 Å². The van der Waals surface area contributed by atoms with Gasteiger partial charge in [0, 0.05) is 25.0 Å². The highest BCUT2D eigenvalue weighted by molar-refractivity contribution is 5.16. The summed E-state index contributed by atoms with van der Waals surface area (Å²) in [5.74, 6) is 0. The van der Waals surface area contributed by atoms with E-state index in [0.29, 0.717) is 6.04 Å². The molecule has 0 spiro atoms.